The van der Waals surface area contributed by atoms with Gasteiger partial charge >= 0.3 is 0 Å². The van der Waals surface area contributed by atoms with Crippen molar-refractivity contribution in [2.75, 3.05) is 25.0 Å². The average Bonchev–Trinajstić information content (AvgIpc) is 3.19. The molecule has 0 amide bonds. The zero-order valence-corrected chi connectivity index (χ0v) is 14.8. The Hall–Kier alpha value is -2.07. The van der Waals surface area contributed by atoms with Crippen LogP contribution in [0, 0.1) is 0 Å². The zero-order chi connectivity index (χ0) is 16.9. The number of aryl methyl sites for hydroxylation is 3. The lowest BCUT2D eigenvalue weighted by Gasteiger charge is -2.18. The molecule has 4 rings (SSSR count). The largest absolute Gasteiger partial charge is 0.490 e. The minimum atomic E-state index is 0.492. The zero-order valence-electron chi connectivity index (χ0n) is 14.8. The molecule has 0 bridgehead atoms. The average molecular weight is 337 g/mol. The van der Waals surface area contributed by atoms with Gasteiger partial charge in [0.25, 0.3) is 0 Å². The van der Waals surface area contributed by atoms with Crippen molar-refractivity contribution in [3.63, 3.8) is 0 Å². The highest BCUT2D eigenvalue weighted by atomic mass is 16.5. The first-order valence-electron chi connectivity index (χ1n) is 9.52. The molecule has 0 radical (unpaired) electrons. The molecule has 0 aliphatic carbocycles. The molecule has 0 unspecified atom stereocenters. The van der Waals surface area contributed by atoms with Crippen molar-refractivity contribution in [1.29, 1.82) is 0 Å². The van der Waals surface area contributed by atoms with Gasteiger partial charge in [0, 0.05) is 24.5 Å². The maximum atomic E-state index is 5.92. The molecule has 2 aliphatic rings. The highest BCUT2D eigenvalue weighted by Gasteiger charge is 2.14. The highest BCUT2D eigenvalue weighted by Crippen LogP contribution is 2.24. The molecular weight excluding hydrogens is 310 g/mol. The third-order valence-corrected chi connectivity index (χ3v) is 5.20. The van der Waals surface area contributed by atoms with Crippen LogP contribution in [0.3, 0.4) is 0 Å². The van der Waals surface area contributed by atoms with Gasteiger partial charge in [0.05, 0.1) is 6.20 Å². The third-order valence-electron chi connectivity index (χ3n) is 5.20. The number of nitrogens with one attached hydrogen (secondary N) is 2. The van der Waals surface area contributed by atoms with E-state index in [0.29, 0.717) is 6.04 Å². The Morgan fingerprint density at radius 1 is 1.04 bits per heavy atom. The molecule has 4 heteroatoms. The van der Waals surface area contributed by atoms with Crippen molar-refractivity contribution in [1.82, 2.24) is 10.3 Å². The van der Waals surface area contributed by atoms with E-state index in [2.05, 4.69) is 39.9 Å². The summed E-state index contributed by atoms with van der Waals surface area (Å²) in [5.74, 6) is 0.887. The maximum absolute atomic E-state index is 5.92. The van der Waals surface area contributed by atoms with Crippen LogP contribution in [0.4, 0.5) is 5.69 Å². The Bertz CT molecular complexity index is 710. The second kappa shape index (κ2) is 7.87. The first kappa shape index (κ1) is 16.4. The van der Waals surface area contributed by atoms with Crippen LogP contribution >= 0.6 is 0 Å². The molecular formula is C21H27N3O. The predicted octanol–water partition coefficient (Wildman–Crippen LogP) is 3.36. The number of anilines is 1. The summed E-state index contributed by atoms with van der Waals surface area (Å²) >= 11 is 0. The molecule has 4 nitrogen and oxygen atoms in total. The van der Waals surface area contributed by atoms with Crippen LogP contribution in [0.5, 0.6) is 5.75 Å². The topological polar surface area (TPSA) is 46.2 Å². The molecule has 132 valence electrons. The second-order valence-corrected chi connectivity index (χ2v) is 7.16. The maximum Gasteiger partial charge on any atom is 0.137 e. The number of hydrogen-bond acceptors (Lipinski definition) is 4. The number of hydrogen-bond donors (Lipinski definition) is 2. The number of benzene rings is 1. The van der Waals surface area contributed by atoms with Crippen LogP contribution in [-0.2, 0) is 19.3 Å². The van der Waals surface area contributed by atoms with Crippen molar-refractivity contribution in [2.45, 2.75) is 44.6 Å². The number of pyridine rings is 1. The van der Waals surface area contributed by atoms with Crippen molar-refractivity contribution >= 4 is 5.69 Å². The van der Waals surface area contributed by atoms with Gasteiger partial charge < -0.3 is 15.4 Å². The molecule has 0 spiro atoms. The first-order chi connectivity index (χ1) is 12.4. The predicted molar refractivity (Wildman–Crippen MR) is 101 cm³/mol. The van der Waals surface area contributed by atoms with Gasteiger partial charge in [-0.25, -0.2) is 0 Å². The Labute approximate surface area is 150 Å². The number of rotatable bonds is 6. The number of fused-ring (bicyclic) bond motifs is 1. The van der Waals surface area contributed by atoms with E-state index in [1.165, 1.54) is 48.1 Å². The van der Waals surface area contributed by atoms with Gasteiger partial charge in [0.2, 0.25) is 0 Å². The van der Waals surface area contributed by atoms with Crippen molar-refractivity contribution in [3.8, 4) is 5.75 Å². The quantitative estimate of drug-likeness (QED) is 0.848. The molecule has 2 N–H and O–H groups in total. The Kier molecular flexibility index (Phi) is 5.17. The molecule has 0 saturated carbocycles. The van der Waals surface area contributed by atoms with Crippen LogP contribution in [0.15, 0.2) is 36.7 Å². The van der Waals surface area contributed by atoms with Gasteiger partial charge in [-0.2, -0.15) is 0 Å². The molecule has 25 heavy (non-hydrogen) atoms. The lowest BCUT2D eigenvalue weighted by molar-refractivity contribution is 0.276. The summed E-state index contributed by atoms with van der Waals surface area (Å²) in [6, 6.07) is 9.49. The standard InChI is InChI=1S/C21H27N3O/c1-3-18-8-7-16(12-21(18)24-10-1)5-6-17-11-20(14-22-13-17)25-15-19-4-2-9-23-19/h7-8,11-14,19,23-24H,1-6,9-10,15H2/t19-/m0/s1. The van der Waals surface area contributed by atoms with Gasteiger partial charge in [-0.1, -0.05) is 12.1 Å². The fourth-order valence-corrected chi connectivity index (χ4v) is 3.73. The van der Waals surface area contributed by atoms with Crippen LogP contribution in [0.1, 0.15) is 36.0 Å². The van der Waals surface area contributed by atoms with Crippen LogP contribution in [0.2, 0.25) is 0 Å². The number of ether oxygens (including phenoxy) is 1. The van der Waals surface area contributed by atoms with E-state index >= 15 is 0 Å². The summed E-state index contributed by atoms with van der Waals surface area (Å²) in [7, 11) is 0. The summed E-state index contributed by atoms with van der Waals surface area (Å²) in [4.78, 5) is 4.35. The lowest BCUT2D eigenvalue weighted by atomic mass is 9.98. The van der Waals surface area contributed by atoms with Gasteiger partial charge in [-0.05, 0) is 73.9 Å². The van der Waals surface area contributed by atoms with Gasteiger partial charge in [0.1, 0.15) is 12.4 Å². The SMILES string of the molecule is c1cc2c(cc1CCc1cncc(OC[C@@H]3CCCN3)c1)NCCC2. The number of aromatic nitrogens is 1. The van der Waals surface area contributed by atoms with Crippen LogP contribution in [-0.4, -0.2) is 30.7 Å². The summed E-state index contributed by atoms with van der Waals surface area (Å²) < 4.78 is 5.92. The molecule has 1 aromatic heterocycles. The molecule has 1 saturated heterocycles. The van der Waals surface area contributed by atoms with Crippen LogP contribution in [0.25, 0.3) is 0 Å². The molecule has 1 aromatic carbocycles. The minimum absolute atomic E-state index is 0.492. The Balaban J connectivity index is 1.33. The van der Waals surface area contributed by atoms with E-state index in [0.717, 1.165) is 38.3 Å². The summed E-state index contributed by atoms with van der Waals surface area (Å²) in [5.41, 5.74) is 5.40. The van der Waals surface area contributed by atoms with E-state index in [1.807, 2.05) is 12.4 Å². The summed E-state index contributed by atoms with van der Waals surface area (Å²) in [6.07, 6.45) is 10.7. The fraction of sp³-hybridized carbons (Fsp3) is 0.476. The molecule has 1 atom stereocenters. The molecule has 1 fully saturated rings. The molecule has 2 aliphatic heterocycles. The highest BCUT2D eigenvalue weighted by molar-refractivity contribution is 5.55. The third kappa shape index (κ3) is 4.31. The van der Waals surface area contributed by atoms with E-state index in [9.17, 15) is 0 Å². The summed E-state index contributed by atoms with van der Waals surface area (Å²) in [6.45, 7) is 2.94. The van der Waals surface area contributed by atoms with Crippen LogP contribution < -0.4 is 15.4 Å². The van der Waals surface area contributed by atoms with E-state index in [-0.39, 0.29) is 0 Å². The molecule has 2 aromatic rings. The normalized spacial score (nSPS) is 19.3. The number of nitrogens with zero attached hydrogens (tertiary/aromatic N) is 1. The Morgan fingerprint density at radius 2 is 2.00 bits per heavy atom. The van der Waals surface area contributed by atoms with E-state index in [4.69, 9.17) is 4.74 Å². The smallest absolute Gasteiger partial charge is 0.137 e. The monoisotopic (exact) mass is 337 g/mol. The second-order valence-electron chi connectivity index (χ2n) is 7.16. The van der Waals surface area contributed by atoms with Crippen molar-refractivity contribution in [2.24, 2.45) is 0 Å². The lowest BCUT2D eigenvalue weighted by Crippen LogP contribution is -2.28. The van der Waals surface area contributed by atoms with Gasteiger partial charge in [0.15, 0.2) is 0 Å². The first-order valence-corrected chi connectivity index (χ1v) is 9.52. The summed E-state index contributed by atoms with van der Waals surface area (Å²) in [5, 5.41) is 6.98. The van der Waals surface area contributed by atoms with Crippen molar-refractivity contribution in [3.05, 3.63) is 53.3 Å². The fourth-order valence-electron chi connectivity index (χ4n) is 3.73. The van der Waals surface area contributed by atoms with Gasteiger partial charge in [-0.15, -0.1) is 0 Å². The van der Waals surface area contributed by atoms with Gasteiger partial charge in [-0.3, -0.25) is 4.98 Å². The van der Waals surface area contributed by atoms with E-state index < -0.39 is 0 Å². The van der Waals surface area contributed by atoms with Crippen molar-refractivity contribution < 1.29 is 4.74 Å². The Morgan fingerprint density at radius 3 is 2.92 bits per heavy atom. The van der Waals surface area contributed by atoms with E-state index in [1.54, 1.807) is 0 Å². The molecule has 3 heterocycles. The minimum Gasteiger partial charge on any atom is -0.490 e.